The van der Waals surface area contributed by atoms with Gasteiger partial charge in [0.05, 0.1) is 22.5 Å². The predicted molar refractivity (Wildman–Crippen MR) is 68.9 cm³/mol. The Kier molecular flexibility index (Phi) is 3.70. The van der Waals surface area contributed by atoms with Gasteiger partial charge in [0, 0.05) is 18.3 Å². The molecule has 2 rings (SSSR count). The summed E-state index contributed by atoms with van der Waals surface area (Å²) in [5, 5.41) is 10.6. The van der Waals surface area contributed by atoms with Crippen LogP contribution in [0.3, 0.4) is 0 Å². The van der Waals surface area contributed by atoms with Crippen molar-refractivity contribution in [2.24, 2.45) is 0 Å². The number of rotatable bonds is 4. The van der Waals surface area contributed by atoms with Crippen LogP contribution in [0.15, 0.2) is 30.6 Å². The van der Waals surface area contributed by atoms with Gasteiger partial charge in [-0.2, -0.15) is 0 Å². The Bertz CT molecular complexity index is 597. The fourth-order valence-electron chi connectivity index (χ4n) is 1.55. The minimum absolute atomic E-state index is 0.0555. The third kappa shape index (κ3) is 3.25. The van der Waals surface area contributed by atoms with Crippen molar-refractivity contribution in [2.45, 2.75) is 20.5 Å². The third-order valence-corrected chi connectivity index (χ3v) is 2.58. The molecule has 0 aliphatic carbocycles. The SMILES string of the molecule is Cc1cnc(COc2ccc([N+](=O)[O-])cc2C)cn1. The minimum Gasteiger partial charge on any atom is -0.487 e. The molecule has 6 nitrogen and oxygen atoms in total. The van der Waals surface area contributed by atoms with E-state index >= 15 is 0 Å². The Labute approximate surface area is 110 Å². The van der Waals surface area contributed by atoms with Gasteiger partial charge in [0.15, 0.2) is 0 Å². The topological polar surface area (TPSA) is 78.2 Å². The van der Waals surface area contributed by atoms with Crippen LogP contribution in [0.5, 0.6) is 5.75 Å². The fraction of sp³-hybridized carbons (Fsp3) is 0.231. The van der Waals surface area contributed by atoms with E-state index in [0.29, 0.717) is 17.0 Å². The first kappa shape index (κ1) is 12.9. The van der Waals surface area contributed by atoms with Gasteiger partial charge in [-0.1, -0.05) is 0 Å². The highest BCUT2D eigenvalue weighted by molar-refractivity contribution is 5.42. The fourth-order valence-corrected chi connectivity index (χ4v) is 1.55. The van der Waals surface area contributed by atoms with Crippen molar-refractivity contribution in [3.05, 3.63) is 57.7 Å². The van der Waals surface area contributed by atoms with Crippen molar-refractivity contribution in [2.75, 3.05) is 0 Å². The second-order valence-corrected chi connectivity index (χ2v) is 4.14. The molecule has 0 atom stereocenters. The zero-order chi connectivity index (χ0) is 13.8. The largest absolute Gasteiger partial charge is 0.487 e. The molecule has 19 heavy (non-hydrogen) atoms. The molecule has 0 spiro atoms. The lowest BCUT2D eigenvalue weighted by Crippen LogP contribution is -2.01. The van der Waals surface area contributed by atoms with E-state index in [4.69, 9.17) is 4.74 Å². The van der Waals surface area contributed by atoms with Gasteiger partial charge in [0.25, 0.3) is 5.69 Å². The average molecular weight is 259 g/mol. The molecule has 6 heteroatoms. The highest BCUT2D eigenvalue weighted by Crippen LogP contribution is 2.23. The zero-order valence-electron chi connectivity index (χ0n) is 10.7. The molecule has 0 saturated heterocycles. The first-order chi connectivity index (χ1) is 9.06. The van der Waals surface area contributed by atoms with Crippen LogP contribution in [0.25, 0.3) is 0 Å². The Morgan fingerprint density at radius 1 is 1.26 bits per heavy atom. The molecule has 0 radical (unpaired) electrons. The van der Waals surface area contributed by atoms with Gasteiger partial charge in [-0.05, 0) is 25.5 Å². The minimum atomic E-state index is -0.428. The van der Waals surface area contributed by atoms with Crippen molar-refractivity contribution in [3.63, 3.8) is 0 Å². The van der Waals surface area contributed by atoms with E-state index in [1.54, 1.807) is 25.4 Å². The second kappa shape index (κ2) is 5.43. The van der Waals surface area contributed by atoms with Crippen LogP contribution in [-0.2, 0) is 6.61 Å². The first-order valence-electron chi connectivity index (χ1n) is 5.71. The number of non-ortho nitro benzene ring substituents is 1. The average Bonchev–Trinajstić information content (AvgIpc) is 2.39. The maximum Gasteiger partial charge on any atom is 0.269 e. The molecule has 2 aromatic rings. The van der Waals surface area contributed by atoms with Gasteiger partial charge >= 0.3 is 0 Å². The van der Waals surface area contributed by atoms with Crippen LogP contribution in [-0.4, -0.2) is 14.9 Å². The number of hydrogen-bond donors (Lipinski definition) is 0. The highest BCUT2D eigenvalue weighted by atomic mass is 16.6. The lowest BCUT2D eigenvalue weighted by atomic mass is 10.2. The maximum atomic E-state index is 10.6. The van der Waals surface area contributed by atoms with E-state index in [1.165, 1.54) is 12.1 Å². The Morgan fingerprint density at radius 2 is 2.05 bits per heavy atom. The van der Waals surface area contributed by atoms with E-state index in [-0.39, 0.29) is 12.3 Å². The summed E-state index contributed by atoms with van der Waals surface area (Å²) in [5.41, 5.74) is 2.33. The summed E-state index contributed by atoms with van der Waals surface area (Å²) in [5.74, 6) is 0.605. The smallest absolute Gasteiger partial charge is 0.269 e. The van der Waals surface area contributed by atoms with Crippen LogP contribution >= 0.6 is 0 Å². The van der Waals surface area contributed by atoms with Crippen molar-refractivity contribution in [1.82, 2.24) is 9.97 Å². The first-order valence-corrected chi connectivity index (χ1v) is 5.71. The molecule has 0 unspecified atom stereocenters. The maximum absolute atomic E-state index is 10.6. The van der Waals surface area contributed by atoms with E-state index in [9.17, 15) is 10.1 Å². The molecule has 1 aromatic carbocycles. The standard InChI is InChI=1S/C13H13N3O3/c1-9-5-12(16(17)18)3-4-13(9)19-8-11-7-14-10(2)6-15-11/h3-7H,8H2,1-2H3. The molecule has 0 aliphatic heterocycles. The van der Waals surface area contributed by atoms with Crippen molar-refractivity contribution in [3.8, 4) is 5.75 Å². The second-order valence-electron chi connectivity index (χ2n) is 4.14. The van der Waals surface area contributed by atoms with E-state index in [0.717, 1.165) is 5.69 Å². The van der Waals surface area contributed by atoms with Crippen molar-refractivity contribution < 1.29 is 9.66 Å². The Balaban J connectivity index is 2.07. The molecule has 0 N–H and O–H groups in total. The molecule has 0 saturated carbocycles. The molecule has 98 valence electrons. The number of aryl methyl sites for hydroxylation is 2. The molecule has 1 aromatic heterocycles. The molecular weight excluding hydrogens is 246 g/mol. The number of ether oxygens (including phenoxy) is 1. The number of aromatic nitrogens is 2. The molecule has 1 heterocycles. The Morgan fingerprint density at radius 3 is 2.63 bits per heavy atom. The van der Waals surface area contributed by atoms with Crippen LogP contribution in [0.1, 0.15) is 17.0 Å². The van der Waals surface area contributed by atoms with Gasteiger partial charge in [0.1, 0.15) is 12.4 Å². The summed E-state index contributed by atoms with van der Waals surface area (Å²) in [6.45, 7) is 3.91. The van der Waals surface area contributed by atoms with Gasteiger partial charge in [-0.3, -0.25) is 20.1 Å². The molecule has 0 bridgehead atoms. The summed E-state index contributed by atoms with van der Waals surface area (Å²) in [6.07, 6.45) is 3.32. The molecular formula is C13H13N3O3. The third-order valence-electron chi connectivity index (χ3n) is 2.58. The summed E-state index contributed by atoms with van der Waals surface area (Å²) >= 11 is 0. The Hall–Kier alpha value is -2.50. The highest BCUT2D eigenvalue weighted by Gasteiger charge is 2.09. The number of nitro groups is 1. The zero-order valence-corrected chi connectivity index (χ0v) is 10.7. The van der Waals surface area contributed by atoms with Gasteiger partial charge in [0.2, 0.25) is 0 Å². The normalized spacial score (nSPS) is 10.2. The van der Waals surface area contributed by atoms with Gasteiger partial charge < -0.3 is 4.74 Å². The number of nitro benzene ring substituents is 1. The van der Waals surface area contributed by atoms with Gasteiger partial charge in [-0.15, -0.1) is 0 Å². The van der Waals surface area contributed by atoms with Crippen molar-refractivity contribution >= 4 is 5.69 Å². The molecule has 0 aliphatic rings. The van der Waals surface area contributed by atoms with E-state index < -0.39 is 4.92 Å². The summed E-state index contributed by atoms with van der Waals surface area (Å²) in [7, 11) is 0. The van der Waals surface area contributed by atoms with Crippen LogP contribution in [0.2, 0.25) is 0 Å². The van der Waals surface area contributed by atoms with Crippen LogP contribution in [0.4, 0.5) is 5.69 Å². The number of benzene rings is 1. The number of nitrogens with zero attached hydrogens (tertiary/aromatic N) is 3. The lowest BCUT2D eigenvalue weighted by molar-refractivity contribution is -0.384. The van der Waals surface area contributed by atoms with Gasteiger partial charge in [-0.25, -0.2) is 0 Å². The lowest BCUT2D eigenvalue weighted by Gasteiger charge is -2.08. The summed E-state index contributed by atoms with van der Waals surface area (Å²) in [4.78, 5) is 18.5. The monoisotopic (exact) mass is 259 g/mol. The quantitative estimate of drug-likeness (QED) is 0.622. The van der Waals surface area contributed by atoms with E-state index in [2.05, 4.69) is 9.97 Å². The number of hydrogen-bond acceptors (Lipinski definition) is 5. The summed E-state index contributed by atoms with van der Waals surface area (Å²) in [6, 6.07) is 4.49. The van der Waals surface area contributed by atoms with E-state index in [1.807, 2.05) is 6.92 Å². The van der Waals surface area contributed by atoms with Crippen molar-refractivity contribution in [1.29, 1.82) is 0 Å². The summed E-state index contributed by atoms with van der Waals surface area (Å²) < 4.78 is 5.57. The molecule has 0 amide bonds. The molecule has 0 fully saturated rings. The predicted octanol–water partition coefficient (Wildman–Crippen LogP) is 2.58. The van der Waals surface area contributed by atoms with Crippen LogP contribution in [0, 0.1) is 24.0 Å². The van der Waals surface area contributed by atoms with Crippen LogP contribution < -0.4 is 4.74 Å².